The lowest BCUT2D eigenvalue weighted by molar-refractivity contribution is -0.125. The van der Waals surface area contributed by atoms with Crippen LogP contribution in [0.3, 0.4) is 0 Å². The van der Waals surface area contributed by atoms with E-state index in [2.05, 4.69) is 34.5 Å². The van der Waals surface area contributed by atoms with Crippen molar-refractivity contribution < 1.29 is 4.79 Å². The lowest BCUT2D eigenvalue weighted by Gasteiger charge is -2.35. The van der Waals surface area contributed by atoms with E-state index in [1.807, 2.05) is 43.3 Å². The number of amides is 1. The van der Waals surface area contributed by atoms with Gasteiger partial charge in [0.2, 0.25) is 5.91 Å². The van der Waals surface area contributed by atoms with Gasteiger partial charge in [-0.15, -0.1) is 24.8 Å². The van der Waals surface area contributed by atoms with Crippen LogP contribution in [-0.2, 0) is 4.79 Å². The van der Waals surface area contributed by atoms with Crippen LogP contribution < -0.4 is 16.0 Å². The van der Waals surface area contributed by atoms with Crippen molar-refractivity contribution in [1.29, 1.82) is 0 Å². The summed E-state index contributed by atoms with van der Waals surface area (Å²) in [5.41, 5.74) is 8.51. The molecule has 0 radical (unpaired) electrons. The highest BCUT2D eigenvalue weighted by molar-refractivity contribution is 5.85. The van der Waals surface area contributed by atoms with Crippen molar-refractivity contribution in [2.75, 3.05) is 18.0 Å². The first-order chi connectivity index (χ1) is 12.1. The first kappa shape index (κ1) is 23.3. The molecule has 1 saturated heterocycles. The number of carbonyl (C=O) groups excluding carboxylic acids is 1. The number of carbonyl (C=O) groups is 1. The first-order valence-electron chi connectivity index (χ1n) is 9.06. The van der Waals surface area contributed by atoms with Gasteiger partial charge in [0.15, 0.2) is 0 Å². The Morgan fingerprint density at radius 3 is 2.30 bits per heavy atom. The number of piperidine rings is 1. The van der Waals surface area contributed by atoms with Gasteiger partial charge in [-0.25, -0.2) is 0 Å². The second-order valence-electron chi connectivity index (χ2n) is 6.85. The van der Waals surface area contributed by atoms with Crippen LogP contribution in [0.2, 0.25) is 0 Å². The molecule has 0 aliphatic carbocycles. The molecule has 4 nitrogen and oxygen atoms in total. The fourth-order valence-corrected chi connectivity index (χ4v) is 3.43. The number of halogens is 2. The van der Waals surface area contributed by atoms with Gasteiger partial charge in [0.25, 0.3) is 0 Å². The van der Waals surface area contributed by atoms with Gasteiger partial charge >= 0.3 is 0 Å². The molecule has 2 aromatic carbocycles. The predicted octanol–water partition coefficient (Wildman–Crippen LogP) is 3.95. The lowest BCUT2D eigenvalue weighted by atomic mass is 9.94. The molecule has 1 aliphatic rings. The van der Waals surface area contributed by atoms with Crippen molar-refractivity contribution in [2.45, 2.75) is 31.8 Å². The summed E-state index contributed by atoms with van der Waals surface area (Å²) in [5.74, 6) is -0.217. The summed E-state index contributed by atoms with van der Waals surface area (Å²) in [6.45, 7) is 3.79. The Balaban J connectivity index is 0.00000182. The van der Waals surface area contributed by atoms with Crippen LogP contribution in [0.1, 0.15) is 31.4 Å². The highest BCUT2D eigenvalue weighted by Crippen LogP contribution is 2.22. The number of nitrogens with one attached hydrogen (secondary N) is 1. The van der Waals surface area contributed by atoms with Gasteiger partial charge in [-0.2, -0.15) is 0 Å². The monoisotopic (exact) mass is 409 g/mol. The van der Waals surface area contributed by atoms with Gasteiger partial charge in [0.1, 0.15) is 0 Å². The summed E-state index contributed by atoms with van der Waals surface area (Å²) in [6, 6.07) is 20.1. The van der Waals surface area contributed by atoms with Crippen LogP contribution in [0.25, 0.3) is 0 Å². The summed E-state index contributed by atoms with van der Waals surface area (Å²) >= 11 is 0. The minimum Gasteiger partial charge on any atom is -0.369 e. The molecular weight excluding hydrogens is 381 g/mol. The van der Waals surface area contributed by atoms with Gasteiger partial charge < -0.3 is 16.0 Å². The van der Waals surface area contributed by atoms with Gasteiger partial charge in [-0.3, -0.25) is 4.79 Å². The molecule has 3 N–H and O–H groups in total. The number of rotatable bonds is 5. The Morgan fingerprint density at radius 1 is 1.07 bits per heavy atom. The quantitative estimate of drug-likeness (QED) is 0.785. The van der Waals surface area contributed by atoms with Crippen molar-refractivity contribution in [2.24, 2.45) is 11.7 Å². The van der Waals surface area contributed by atoms with Crippen LogP contribution in [0.15, 0.2) is 60.7 Å². The van der Waals surface area contributed by atoms with Crippen molar-refractivity contribution in [3.63, 3.8) is 0 Å². The Bertz CT molecular complexity index is 684. The van der Waals surface area contributed by atoms with Crippen molar-refractivity contribution >= 4 is 36.4 Å². The summed E-state index contributed by atoms with van der Waals surface area (Å²) in [6.07, 6.45) is 2.10. The third kappa shape index (κ3) is 6.13. The van der Waals surface area contributed by atoms with E-state index in [9.17, 15) is 4.79 Å². The van der Waals surface area contributed by atoms with E-state index in [1.165, 1.54) is 5.69 Å². The van der Waals surface area contributed by atoms with Crippen molar-refractivity contribution in [3.8, 4) is 0 Å². The lowest BCUT2D eigenvalue weighted by Crippen LogP contribution is -2.50. The third-order valence-corrected chi connectivity index (χ3v) is 5.03. The van der Waals surface area contributed by atoms with E-state index in [0.717, 1.165) is 31.5 Å². The van der Waals surface area contributed by atoms with Gasteiger partial charge in [0, 0.05) is 30.9 Å². The standard InChI is InChI=1S/C21H27N3O.2ClH/c1-16(20(22)17-9-4-2-5-10-17)21(25)23-18-11-8-14-24(15-18)19-12-6-3-7-13-19;;/h2-7,9-10,12-13,16,18,20H,8,11,14-15,22H2,1H3,(H,23,25);2*1H. The Hall–Kier alpha value is -1.75. The summed E-state index contributed by atoms with van der Waals surface area (Å²) < 4.78 is 0. The maximum absolute atomic E-state index is 12.7. The topological polar surface area (TPSA) is 58.4 Å². The fourth-order valence-electron chi connectivity index (χ4n) is 3.43. The minimum absolute atomic E-state index is 0. The fraction of sp³-hybridized carbons (Fsp3) is 0.381. The number of benzene rings is 2. The number of hydrogen-bond acceptors (Lipinski definition) is 3. The average Bonchev–Trinajstić information content (AvgIpc) is 2.68. The molecule has 6 heteroatoms. The second-order valence-corrected chi connectivity index (χ2v) is 6.85. The van der Waals surface area contributed by atoms with Crippen LogP contribution in [0.4, 0.5) is 5.69 Å². The smallest absolute Gasteiger partial charge is 0.225 e. The highest BCUT2D eigenvalue weighted by Gasteiger charge is 2.26. The highest BCUT2D eigenvalue weighted by atomic mass is 35.5. The van der Waals surface area contributed by atoms with E-state index in [1.54, 1.807) is 0 Å². The molecule has 3 rings (SSSR count). The van der Waals surface area contributed by atoms with Crippen LogP contribution in [0, 0.1) is 5.92 Å². The molecule has 2 aromatic rings. The molecule has 1 amide bonds. The SMILES string of the molecule is CC(C(=O)NC1CCCN(c2ccccc2)C1)C(N)c1ccccc1.Cl.Cl. The van der Waals surface area contributed by atoms with E-state index < -0.39 is 0 Å². The van der Waals surface area contributed by atoms with Gasteiger partial charge in [-0.05, 0) is 30.5 Å². The zero-order valence-electron chi connectivity index (χ0n) is 15.6. The Morgan fingerprint density at radius 2 is 1.67 bits per heavy atom. The van der Waals surface area contributed by atoms with E-state index in [0.29, 0.717) is 0 Å². The largest absolute Gasteiger partial charge is 0.369 e. The summed E-state index contributed by atoms with van der Waals surface area (Å²) in [4.78, 5) is 15.0. The van der Waals surface area contributed by atoms with E-state index in [-0.39, 0.29) is 48.7 Å². The molecule has 0 saturated carbocycles. The number of hydrogen-bond donors (Lipinski definition) is 2. The minimum atomic E-state index is -0.282. The first-order valence-corrected chi connectivity index (χ1v) is 9.06. The van der Waals surface area contributed by atoms with Crippen LogP contribution in [-0.4, -0.2) is 25.0 Å². The number of nitrogens with two attached hydrogens (primary N) is 1. The molecule has 3 atom stereocenters. The van der Waals surface area contributed by atoms with Crippen molar-refractivity contribution in [1.82, 2.24) is 5.32 Å². The molecule has 3 unspecified atom stereocenters. The molecule has 27 heavy (non-hydrogen) atoms. The second kappa shape index (κ2) is 11.2. The molecule has 1 heterocycles. The van der Waals surface area contributed by atoms with Crippen LogP contribution in [0.5, 0.6) is 0 Å². The third-order valence-electron chi connectivity index (χ3n) is 5.03. The molecule has 0 aromatic heterocycles. The van der Waals surface area contributed by atoms with Gasteiger partial charge in [0.05, 0.1) is 5.92 Å². The van der Waals surface area contributed by atoms with E-state index in [4.69, 9.17) is 5.73 Å². The Kier molecular flexibility index (Phi) is 9.64. The molecule has 1 aliphatic heterocycles. The normalized spacial score (nSPS) is 18.4. The maximum Gasteiger partial charge on any atom is 0.225 e. The molecule has 148 valence electrons. The number of para-hydroxylation sites is 1. The number of nitrogens with zero attached hydrogens (tertiary/aromatic N) is 1. The molecular formula is C21H29Cl2N3O. The Labute approximate surface area is 174 Å². The predicted molar refractivity (Wildman–Crippen MR) is 117 cm³/mol. The van der Waals surface area contributed by atoms with E-state index >= 15 is 0 Å². The molecule has 1 fully saturated rings. The molecule has 0 spiro atoms. The van der Waals surface area contributed by atoms with Crippen molar-refractivity contribution in [3.05, 3.63) is 66.2 Å². The van der Waals surface area contributed by atoms with Crippen LogP contribution >= 0.6 is 24.8 Å². The molecule has 0 bridgehead atoms. The zero-order chi connectivity index (χ0) is 17.6. The maximum atomic E-state index is 12.7. The average molecular weight is 410 g/mol. The van der Waals surface area contributed by atoms with Gasteiger partial charge in [-0.1, -0.05) is 55.5 Å². The summed E-state index contributed by atoms with van der Waals surface area (Å²) in [7, 11) is 0. The zero-order valence-corrected chi connectivity index (χ0v) is 17.2. The number of anilines is 1. The summed E-state index contributed by atoms with van der Waals surface area (Å²) in [5, 5.41) is 3.21.